The second-order valence-corrected chi connectivity index (χ2v) is 6.68. The minimum atomic E-state index is -0.879. The maximum Gasteiger partial charge on any atom is 0.269 e. The maximum atomic E-state index is 12.5. The van der Waals surface area contributed by atoms with Crippen LogP contribution in [0.1, 0.15) is 25.3 Å². The largest absolute Gasteiger partial charge is 0.379 e. The zero-order valence-corrected chi connectivity index (χ0v) is 13.1. The van der Waals surface area contributed by atoms with Crippen LogP contribution in [-0.4, -0.2) is 34.2 Å². The molecule has 1 aliphatic heterocycles. The van der Waals surface area contributed by atoms with Crippen molar-refractivity contribution in [1.29, 1.82) is 0 Å². The maximum absolute atomic E-state index is 12.5. The Labute approximate surface area is 127 Å². The van der Waals surface area contributed by atoms with Crippen molar-refractivity contribution >= 4 is 33.2 Å². The molecule has 3 rings (SSSR count). The van der Waals surface area contributed by atoms with E-state index in [4.69, 9.17) is 4.84 Å². The van der Waals surface area contributed by atoms with E-state index < -0.39 is 5.60 Å². The van der Waals surface area contributed by atoms with E-state index >= 15 is 0 Å². The molecule has 1 atom stereocenters. The normalized spacial score (nSPS) is 21.2. The first-order valence-corrected chi connectivity index (χ1v) is 7.61. The van der Waals surface area contributed by atoms with Gasteiger partial charge < -0.3 is 9.74 Å². The van der Waals surface area contributed by atoms with Gasteiger partial charge in [-0.25, -0.2) is 4.98 Å². The number of rotatable bonds is 3. The Hall–Kier alpha value is -1.95. The molecular weight excluding hydrogens is 286 g/mol. The highest BCUT2D eigenvalue weighted by molar-refractivity contribution is 7.18. The SMILES string of the molecule is CC1=NO[C@](C)(C(=O)N(C)Cc2nc3ccccc3s2)C1. The van der Waals surface area contributed by atoms with Crippen molar-refractivity contribution in [3.8, 4) is 0 Å². The van der Waals surface area contributed by atoms with Gasteiger partial charge in [0.05, 0.1) is 22.5 Å². The van der Waals surface area contributed by atoms with Gasteiger partial charge in [0.2, 0.25) is 5.60 Å². The number of hydrogen-bond acceptors (Lipinski definition) is 5. The van der Waals surface area contributed by atoms with Crippen LogP contribution in [0.2, 0.25) is 0 Å². The number of hydrogen-bond donors (Lipinski definition) is 0. The second-order valence-electron chi connectivity index (χ2n) is 5.56. The number of carbonyl (C=O) groups is 1. The molecular formula is C15H17N3O2S. The van der Waals surface area contributed by atoms with E-state index in [1.807, 2.05) is 31.2 Å². The monoisotopic (exact) mass is 303 g/mol. The van der Waals surface area contributed by atoms with Gasteiger partial charge in [0.15, 0.2) is 0 Å². The molecule has 0 saturated carbocycles. The molecule has 0 saturated heterocycles. The van der Waals surface area contributed by atoms with Gasteiger partial charge in [0.25, 0.3) is 5.91 Å². The molecule has 0 N–H and O–H groups in total. The van der Waals surface area contributed by atoms with E-state index in [0.29, 0.717) is 13.0 Å². The molecule has 0 unspecified atom stereocenters. The fraction of sp³-hybridized carbons (Fsp3) is 0.400. The number of thiazole rings is 1. The Morgan fingerprint density at radius 3 is 2.90 bits per heavy atom. The Morgan fingerprint density at radius 2 is 2.24 bits per heavy atom. The predicted molar refractivity (Wildman–Crippen MR) is 83.3 cm³/mol. The van der Waals surface area contributed by atoms with Crippen molar-refractivity contribution in [3.05, 3.63) is 29.3 Å². The third-order valence-electron chi connectivity index (χ3n) is 3.51. The van der Waals surface area contributed by atoms with E-state index in [1.165, 1.54) is 0 Å². The molecule has 0 radical (unpaired) electrons. The van der Waals surface area contributed by atoms with Crippen LogP contribution in [0, 0.1) is 0 Å². The number of amides is 1. The lowest BCUT2D eigenvalue weighted by molar-refractivity contribution is -0.152. The first-order chi connectivity index (χ1) is 9.98. The van der Waals surface area contributed by atoms with Gasteiger partial charge in [-0.05, 0) is 26.0 Å². The Morgan fingerprint density at radius 1 is 1.48 bits per heavy atom. The third-order valence-corrected chi connectivity index (χ3v) is 4.53. The van der Waals surface area contributed by atoms with E-state index in [-0.39, 0.29) is 5.91 Å². The van der Waals surface area contributed by atoms with E-state index in [0.717, 1.165) is 20.9 Å². The van der Waals surface area contributed by atoms with Crippen molar-refractivity contribution in [1.82, 2.24) is 9.88 Å². The molecule has 2 heterocycles. The molecule has 6 heteroatoms. The number of oxime groups is 1. The molecule has 0 bridgehead atoms. The lowest BCUT2D eigenvalue weighted by Gasteiger charge is -2.26. The molecule has 2 aromatic rings. The smallest absolute Gasteiger partial charge is 0.269 e. The first-order valence-electron chi connectivity index (χ1n) is 6.79. The summed E-state index contributed by atoms with van der Waals surface area (Å²) in [5.41, 5.74) is 0.940. The predicted octanol–water partition coefficient (Wildman–Crippen LogP) is 2.81. The van der Waals surface area contributed by atoms with Crippen molar-refractivity contribution in [2.45, 2.75) is 32.4 Å². The number of nitrogens with zero attached hydrogens (tertiary/aromatic N) is 3. The highest BCUT2D eigenvalue weighted by atomic mass is 32.1. The summed E-state index contributed by atoms with van der Waals surface area (Å²) in [5, 5.41) is 4.81. The summed E-state index contributed by atoms with van der Waals surface area (Å²) in [6, 6.07) is 7.98. The minimum absolute atomic E-state index is 0.0673. The van der Waals surface area contributed by atoms with Crippen molar-refractivity contribution < 1.29 is 9.63 Å². The van der Waals surface area contributed by atoms with Crippen LogP contribution in [-0.2, 0) is 16.2 Å². The van der Waals surface area contributed by atoms with E-state index in [1.54, 1.807) is 30.2 Å². The fourth-order valence-electron chi connectivity index (χ4n) is 2.51. The topological polar surface area (TPSA) is 54.8 Å². The average molecular weight is 303 g/mol. The number of fused-ring (bicyclic) bond motifs is 1. The van der Waals surface area contributed by atoms with Crippen LogP contribution < -0.4 is 0 Å². The molecule has 21 heavy (non-hydrogen) atoms. The molecule has 5 nitrogen and oxygen atoms in total. The molecule has 1 aliphatic rings. The molecule has 0 spiro atoms. The molecule has 1 amide bonds. The van der Waals surface area contributed by atoms with E-state index in [2.05, 4.69) is 10.1 Å². The van der Waals surface area contributed by atoms with Gasteiger partial charge in [-0.15, -0.1) is 11.3 Å². The molecule has 1 aromatic carbocycles. The van der Waals surface area contributed by atoms with Crippen LogP contribution in [0.3, 0.4) is 0 Å². The average Bonchev–Trinajstić information content (AvgIpc) is 3.01. The van der Waals surface area contributed by atoms with Gasteiger partial charge in [-0.3, -0.25) is 4.79 Å². The van der Waals surface area contributed by atoms with Crippen LogP contribution in [0.25, 0.3) is 10.2 Å². The first kappa shape index (κ1) is 14.0. The standard InChI is InChI=1S/C15H17N3O2S/c1-10-8-15(2,20-17-10)14(19)18(3)9-13-16-11-6-4-5-7-12(11)21-13/h4-7H,8-9H2,1-3H3/t15-/m0/s1. The minimum Gasteiger partial charge on any atom is -0.379 e. The summed E-state index contributed by atoms with van der Waals surface area (Å²) >= 11 is 1.61. The lowest BCUT2D eigenvalue weighted by atomic mass is 9.99. The Kier molecular flexibility index (Phi) is 3.41. The second kappa shape index (κ2) is 5.11. The summed E-state index contributed by atoms with van der Waals surface area (Å²) in [5.74, 6) is -0.0673. The van der Waals surface area contributed by atoms with Crippen molar-refractivity contribution in [2.24, 2.45) is 5.16 Å². The highest BCUT2D eigenvalue weighted by Crippen LogP contribution is 2.27. The summed E-state index contributed by atoms with van der Waals surface area (Å²) < 4.78 is 1.14. The molecule has 1 aromatic heterocycles. The Balaban J connectivity index is 1.74. The lowest BCUT2D eigenvalue weighted by Crippen LogP contribution is -2.45. The van der Waals surface area contributed by atoms with Crippen LogP contribution in [0.15, 0.2) is 29.4 Å². The van der Waals surface area contributed by atoms with Gasteiger partial charge in [0.1, 0.15) is 5.01 Å². The van der Waals surface area contributed by atoms with Crippen LogP contribution in [0.5, 0.6) is 0 Å². The number of carbonyl (C=O) groups excluding carboxylic acids is 1. The summed E-state index contributed by atoms with van der Waals surface area (Å²) in [4.78, 5) is 24.1. The number of benzene rings is 1. The summed E-state index contributed by atoms with van der Waals surface area (Å²) in [7, 11) is 1.77. The zero-order chi connectivity index (χ0) is 15.0. The van der Waals surface area contributed by atoms with Crippen molar-refractivity contribution in [3.63, 3.8) is 0 Å². The van der Waals surface area contributed by atoms with Gasteiger partial charge in [0, 0.05) is 13.5 Å². The van der Waals surface area contributed by atoms with Crippen LogP contribution >= 0.6 is 11.3 Å². The number of aromatic nitrogens is 1. The summed E-state index contributed by atoms with van der Waals surface area (Å²) in [6.07, 6.45) is 0.538. The molecule has 110 valence electrons. The quantitative estimate of drug-likeness (QED) is 0.876. The Bertz CT molecular complexity index is 692. The van der Waals surface area contributed by atoms with Crippen molar-refractivity contribution in [2.75, 3.05) is 7.05 Å². The highest BCUT2D eigenvalue weighted by Gasteiger charge is 2.42. The van der Waals surface area contributed by atoms with Gasteiger partial charge in [-0.1, -0.05) is 17.3 Å². The number of para-hydroxylation sites is 1. The third kappa shape index (κ3) is 2.63. The van der Waals surface area contributed by atoms with E-state index in [9.17, 15) is 4.79 Å². The zero-order valence-electron chi connectivity index (χ0n) is 12.3. The summed E-state index contributed by atoms with van der Waals surface area (Å²) in [6.45, 7) is 4.13. The van der Waals surface area contributed by atoms with Crippen LogP contribution in [0.4, 0.5) is 0 Å². The van der Waals surface area contributed by atoms with Gasteiger partial charge in [-0.2, -0.15) is 0 Å². The number of likely N-dealkylation sites (N-methyl/N-ethyl adjacent to an activating group) is 1. The van der Waals surface area contributed by atoms with Gasteiger partial charge >= 0.3 is 0 Å². The fourth-order valence-corrected chi connectivity index (χ4v) is 3.53. The molecule has 0 fully saturated rings. The molecule has 0 aliphatic carbocycles.